The van der Waals surface area contributed by atoms with Crippen LogP contribution in [0.4, 0.5) is 9.59 Å². The smallest absolute Gasteiger partial charge is 0.407 e. The lowest BCUT2D eigenvalue weighted by molar-refractivity contribution is -0.137. The Hall–Kier alpha value is -1.99. The number of nitrogens with one attached hydrogen (secondary N) is 2. The van der Waals surface area contributed by atoms with Gasteiger partial charge in [-0.2, -0.15) is 0 Å². The summed E-state index contributed by atoms with van der Waals surface area (Å²) in [5, 5.41) is 13.8. The highest BCUT2D eigenvalue weighted by molar-refractivity contribution is 5.69. The quantitative estimate of drug-likeness (QED) is 0.563. The van der Waals surface area contributed by atoms with Crippen molar-refractivity contribution in [3.63, 3.8) is 0 Å². The van der Waals surface area contributed by atoms with E-state index in [1.54, 1.807) is 0 Å². The Morgan fingerprint density at radius 1 is 0.957 bits per heavy atom. The van der Waals surface area contributed by atoms with Gasteiger partial charge in [-0.1, -0.05) is 27.7 Å². The Labute approximate surface area is 136 Å². The van der Waals surface area contributed by atoms with Gasteiger partial charge in [0.1, 0.15) is 0 Å². The number of carbonyl (C=O) groups is 3. The summed E-state index contributed by atoms with van der Waals surface area (Å²) in [5.74, 6) is -0.565. The van der Waals surface area contributed by atoms with Crippen LogP contribution >= 0.6 is 0 Å². The molecule has 8 heteroatoms. The fraction of sp³-hybridized carbons (Fsp3) is 0.800. The monoisotopic (exact) mass is 332 g/mol. The average molecular weight is 332 g/mol. The Morgan fingerprint density at radius 2 is 1.48 bits per heavy atom. The van der Waals surface area contributed by atoms with Gasteiger partial charge in [0.25, 0.3) is 0 Å². The molecule has 0 aliphatic rings. The maximum absolute atomic E-state index is 11.6. The van der Waals surface area contributed by atoms with E-state index in [0.717, 1.165) is 0 Å². The van der Waals surface area contributed by atoms with Crippen LogP contribution in [0.25, 0.3) is 0 Å². The number of carbonyl (C=O) groups excluding carboxylic acids is 2. The van der Waals surface area contributed by atoms with Crippen molar-refractivity contribution in [2.45, 2.75) is 46.6 Å². The molecule has 0 fully saturated rings. The predicted molar refractivity (Wildman–Crippen MR) is 84.2 cm³/mol. The minimum absolute atomic E-state index is 0.0704. The van der Waals surface area contributed by atoms with Gasteiger partial charge in [-0.3, -0.25) is 4.79 Å². The fourth-order valence-corrected chi connectivity index (χ4v) is 1.47. The van der Waals surface area contributed by atoms with Crippen LogP contribution < -0.4 is 10.6 Å². The zero-order valence-electron chi connectivity index (χ0n) is 14.3. The van der Waals surface area contributed by atoms with E-state index in [2.05, 4.69) is 10.6 Å². The summed E-state index contributed by atoms with van der Waals surface area (Å²) < 4.78 is 9.94. The van der Waals surface area contributed by atoms with Crippen molar-refractivity contribution in [1.29, 1.82) is 0 Å². The van der Waals surface area contributed by atoms with Gasteiger partial charge in [-0.15, -0.1) is 0 Å². The molecule has 0 aliphatic carbocycles. The Kier molecular flexibility index (Phi) is 10.6. The highest BCUT2D eigenvalue weighted by Gasteiger charge is 2.16. The summed E-state index contributed by atoms with van der Waals surface area (Å²) in [5.41, 5.74) is 0. The van der Waals surface area contributed by atoms with Gasteiger partial charge in [0.05, 0.1) is 19.3 Å². The molecule has 8 nitrogen and oxygen atoms in total. The third-order valence-corrected chi connectivity index (χ3v) is 2.62. The molecule has 0 aliphatic heterocycles. The van der Waals surface area contributed by atoms with Crippen molar-refractivity contribution < 1.29 is 29.0 Å². The second-order valence-corrected chi connectivity index (χ2v) is 6.14. The predicted octanol–water partition coefficient (Wildman–Crippen LogP) is 1.98. The van der Waals surface area contributed by atoms with Gasteiger partial charge in [-0.05, 0) is 18.3 Å². The van der Waals surface area contributed by atoms with Gasteiger partial charge in [0, 0.05) is 13.0 Å². The lowest BCUT2D eigenvalue weighted by Crippen LogP contribution is -2.44. The number of hydrogen-bond donors (Lipinski definition) is 3. The van der Waals surface area contributed by atoms with Crippen LogP contribution in [-0.4, -0.2) is 49.1 Å². The largest absolute Gasteiger partial charge is 0.481 e. The number of ether oxygens (including phenoxy) is 2. The molecule has 0 aromatic carbocycles. The summed E-state index contributed by atoms with van der Waals surface area (Å²) >= 11 is 0. The van der Waals surface area contributed by atoms with Gasteiger partial charge >= 0.3 is 18.2 Å². The van der Waals surface area contributed by atoms with Crippen molar-refractivity contribution in [2.75, 3.05) is 19.8 Å². The summed E-state index contributed by atoms with van der Waals surface area (Å²) in [6, 6.07) is -0.544. The number of alkyl carbamates (subject to hydrolysis) is 2. The molecule has 0 radical (unpaired) electrons. The molecular formula is C15H28N2O6. The van der Waals surface area contributed by atoms with Crippen LogP contribution in [0.2, 0.25) is 0 Å². The molecule has 2 amide bonds. The molecule has 0 heterocycles. The van der Waals surface area contributed by atoms with Crippen LogP contribution in [0.15, 0.2) is 0 Å². The van der Waals surface area contributed by atoms with E-state index in [-0.39, 0.29) is 44.4 Å². The summed E-state index contributed by atoms with van der Waals surface area (Å²) in [4.78, 5) is 33.8. The average Bonchev–Trinajstić information content (AvgIpc) is 2.45. The van der Waals surface area contributed by atoms with Crippen molar-refractivity contribution in [3.8, 4) is 0 Å². The molecule has 1 atom stereocenters. The van der Waals surface area contributed by atoms with Crippen LogP contribution in [0.1, 0.15) is 40.5 Å². The first kappa shape index (κ1) is 21.0. The minimum atomic E-state index is -0.977. The van der Waals surface area contributed by atoms with Gasteiger partial charge in [-0.25, -0.2) is 9.59 Å². The number of rotatable bonds is 10. The Bertz CT molecular complexity index is 384. The molecule has 0 rings (SSSR count). The molecule has 0 saturated heterocycles. The molecule has 0 saturated carbocycles. The van der Waals surface area contributed by atoms with Crippen LogP contribution in [-0.2, 0) is 14.3 Å². The lowest BCUT2D eigenvalue weighted by atomic mass is 10.1. The van der Waals surface area contributed by atoms with Crippen molar-refractivity contribution in [2.24, 2.45) is 11.8 Å². The van der Waals surface area contributed by atoms with Crippen molar-refractivity contribution in [1.82, 2.24) is 10.6 Å². The van der Waals surface area contributed by atoms with Gasteiger partial charge in [0.15, 0.2) is 0 Å². The molecule has 0 aromatic rings. The zero-order chi connectivity index (χ0) is 17.8. The number of carboxylic acid groups (broad SMARTS) is 1. The summed E-state index contributed by atoms with van der Waals surface area (Å²) in [6.45, 7) is 8.26. The van der Waals surface area contributed by atoms with Crippen molar-refractivity contribution in [3.05, 3.63) is 0 Å². The van der Waals surface area contributed by atoms with Crippen LogP contribution in [0.5, 0.6) is 0 Å². The zero-order valence-corrected chi connectivity index (χ0v) is 14.3. The maximum Gasteiger partial charge on any atom is 0.407 e. The third-order valence-electron chi connectivity index (χ3n) is 2.62. The third kappa shape index (κ3) is 13.4. The molecule has 134 valence electrons. The molecule has 23 heavy (non-hydrogen) atoms. The highest BCUT2D eigenvalue weighted by Crippen LogP contribution is 2.00. The van der Waals surface area contributed by atoms with E-state index in [0.29, 0.717) is 0 Å². The lowest BCUT2D eigenvalue weighted by Gasteiger charge is -2.19. The standard InChI is InChI=1S/C15H28N2O6/c1-10(2)8-22-14(20)16-7-12(5-6-13(18)19)17-15(21)23-9-11(3)4/h10-12H,5-9H2,1-4H3,(H,16,20)(H,17,21)(H,18,19). The summed E-state index contributed by atoms with van der Waals surface area (Å²) in [7, 11) is 0. The molecular weight excluding hydrogens is 304 g/mol. The summed E-state index contributed by atoms with van der Waals surface area (Å²) in [6.07, 6.45) is -1.18. The number of carboxylic acids is 1. The number of amides is 2. The molecule has 0 bridgehead atoms. The second kappa shape index (κ2) is 11.6. The van der Waals surface area contributed by atoms with Crippen LogP contribution in [0, 0.1) is 11.8 Å². The second-order valence-electron chi connectivity index (χ2n) is 6.14. The fourth-order valence-electron chi connectivity index (χ4n) is 1.47. The minimum Gasteiger partial charge on any atom is -0.481 e. The normalized spacial score (nSPS) is 11.9. The van der Waals surface area contributed by atoms with Gasteiger partial charge < -0.3 is 25.2 Å². The molecule has 1 unspecified atom stereocenters. The van der Waals surface area contributed by atoms with Crippen LogP contribution in [0.3, 0.4) is 0 Å². The molecule has 0 spiro atoms. The first-order valence-electron chi connectivity index (χ1n) is 7.76. The number of hydrogen-bond acceptors (Lipinski definition) is 5. The van der Waals surface area contributed by atoms with E-state index < -0.39 is 24.2 Å². The van der Waals surface area contributed by atoms with E-state index in [4.69, 9.17) is 14.6 Å². The van der Waals surface area contributed by atoms with E-state index >= 15 is 0 Å². The Morgan fingerprint density at radius 3 is 1.96 bits per heavy atom. The highest BCUT2D eigenvalue weighted by atomic mass is 16.6. The van der Waals surface area contributed by atoms with E-state index in [1.807, 2.05) is 27.7 Å². The van der Waals surface area contributed by atoms with Crippen molar-refractivity contribution >= 4 is 18.2 Å². The van der Waals surface area contributed by atoms with E-state index in [9.17, 15) is 14.4 Å². The number of aliphatic carboxylic acids is 1. The topological polar surface area (TPSA) is 114 Å². The Balaban J connectivity index is 4.30. The molecule has 3 N–H and O–H groups in total. The SMILES string of the molecule is CC(C)COC(=O)NCC(CCC(=O)O)NC(=O)OCC(C)C. The van der Waals surface area contributed by atoms with Gasteiger partial charge in [0.2, 0.25) is 0 Å². The maximum atomic E-state index is 11.6. The first-order valence-corrected chi connectivity index (χ1v) is 7.76. The molecule has 0 aromatic heterocycles. The van der Waals surface area contributed by atoms with E-state index in [1.165, 1.54) is 0 Å². The first-order chi connectivity index (χ1) is 10.7.